The number of aliphatic imine (C=N–C) groups is 1. The minimum atomic E-state index is 0.538. The molecule has 0 saturated carbocycles. The highest BCUT2D eigenvalue weighted by Crippen LogP contribution is 2.29. The van der Waals surface area contributed by atoms with Crippen molar-refractivity contribution in [1.82, 2.24) is 4.90 Å². The molecule has 0 aromatic heterocycles. The molecule has 2 aromatic carbocycles. The van der Waals surface area contributed by atoms with E-state index in [1.54, 1.807) is 23.9 Å². The molecule has 0 atom stereocenters. The first-order chi connectivity index (χ1) is 10.2. The van der Waals surface area contributed by atoms with Gasteiger partial charge in [-0.25, -0.2) is 4.99 Å². The van der Waals surface area contributed by atoms with Crippen molar-refractivity contribution < 1.29 is 0 Å². The Hall–Kier alpha value is -1.16. The molecule has 3 rings (SSSR count). The molecule has 0 bridgehead atoms. The van der Waals surface area contributed by atoms with Crippen molar-refractivity contribution >= 4 is 45.8 Å². The van der Waals surface area contributed by atoms with E-state index in [1.165, 1.54) is 5.56 Å². The van der Waals surface area contributed by atoms with Gasteiger partial charge in [0.05, 0.1) is 15.7 Å². The molecule has 0 spiro atoms. The summed E-state index contributed by atoms with van der Waals surface area (Å²) in [7, 11) is 0. The van der Waals surface area contributed by atoms with Gasteiger partial charge in [0.15, 0.2) is 5.17 Å². The van der Waals surface area contributed by atoms with Gasteiger partial charge in [0, 0.05) is 18.8 Å². The summed E-state index contributed by atoms with van der Waals surface area (Å²) in [5.41, 5.74) is 2.13. The second kappa shape index (κ2) is 6.73. The van der Waals surface area contributed by atoms with Gasteiger partial charge >= 0.3 is 0 Å². The van der Waals surface area contributed by atoms with Gasteiger partial charge in [-0.05, 0) is 23.8 Å². The Morgan fingerprint density at radius 3 is 2.62 bits per heavy atom. The Balaban J connectivity index is 1.79. The number of amidine groups is 1. The van der Waals surface area contributed by atoms with Gasteiger partial charge in [0.2, 0.25) is 0 Å². The smallest absolute Gasteiger partial charge is 0.164 e. The Kier molecular flexibility index (Phi) is 4.73. The van der Waals surface area contributed by atoms with Crippen LogP contribution >= 0.6 is 35.0 Å². The summed E-state index contributed by atoms with van der Waals surface area (Å²) in [4.78, 5) is 6.99. The fourth-order valence-electron chi connectivity index (χ4n) is 2.15. The molecular formula is C16H14Cl2N2S. The van der Waals surface area contributed by atoms with Crippen LogP contribution in [0.1, 0.15) is 5.56 Å². The van der Waals surface area contributed by atoms with Crippen LogP contribution in [0.15, 0.2) is 53.5 Å². The number of thioether (sulfide) groups is 1. The zero-order chi connectivity index (χ0) is 14.7. The summed E-state index contributed by atoms with van der Waals surface area (Å²) in [5, 5.41) is 2.13. The molecule has 0 amide bonds. The van der Waals surface area contributed by atoms with Crippen LogP contribution in [0.3, 0.4) is 0 Å². The number of benzene rings is 2. The Labute approximate surface area is 138 Å². The Morgan fingerprint density at radius 2 is 1.86 bits per heavy atom. The quantitative estimate of drug-likeness (QED) is 0.762. The third-order valence-corrected chi connectivity index (χ3v) is 4.94. The van der Waals surface area contributed by atoms with Crippen molar-refractivity contribution in [3.05, 3.63) is 64.1 Å². The highest BCUT2D eigenvalue weighted by Gasteiger charge is 2.19. The van der Waals surface area contributed by atoms with Crippen LogP contribution in [0, 0.1) is 0 Å². The summed E-state index contributed by atoms with van der Waals surface area (Å²) in [6, 6.07) is 15.9. The van der Waals surface area contributed by atoms with E-state index >= 15 is 0 Å². The Bertz CT molecular complexity index is 659. The van der Waals surface area contributed by atoms with Gasteiger partial charge in [-0.15, -0.1) is 0 Å². The average Bonchev–Trinajstić information content (AvgIpc) is 2.91. The van der Waals surface area contributed by atoms with Crippen LogP contribution in [0.4, 0.5) is 5.69 Å². The number of hydrogen-bond acceptors (Lipinski definition) is 2. The van der Waals surface area contributed by atoms with Crippen molar-refractivity contribution in [2.75, 3.05) is 12.3 Å². The van der Waals surface area contributed by atoms with E-state index in [9.17, 15) is 0 Å². The lowest BCUT2D eigenvalue weighted by atomic mass is 10.2. The highest BCUT2D eigenvalue weighted by atomic mass is 35.5. The first-order valence-corrected chi connectivity index (χ1v) is 8.42. The van der Waals surface area contributed by atoms with E-state index in [-0.39, 0.29) is 0 Å². The fraction of sp³-hybridized carbons (Fsp3) is 0.188. The molecule has 1 aliphatic rings. The van der Waals surface area contributed by atoms with Gasteiger partial charge in [-0.2, -0.15) is 0 Å². The molecule has 5 heteroatoms. The molecule has 0 radical (unpaired) electrons. The number of hydrogen-bond donors (Lipinski definition) is 0. The van der Waals surface area contributed by atoms with Crippen LogP contribution < -0.4 is 0 Å². The monoisotopic (exact) mass is 336 g/mol. The number of rotatable bonds is 3. The van der Waals surface area contributed by atoms with E-state index in [4.69, 9.17) is 28.2 Å². The lowest BCUT2D eigenvalue weighted by Gasteiger charge is -2.17. The van der Waals surface area contributed by atoms with Gasteiger partial charge in [0.25, 0.3) is 0 Å². The largest absolute Gasteiger partial charge is 0.346 e. The summed E-state index contributed by atoms with van der Waals surface area (Å²) in [6.45, 7) is 1.90. The SMILES string of the molecule is Clc1ccc(N=C2SCCN2Cc2ccccc2)cc1Cl. The molecule has 1 saturated heterocycles. The summed E-state index contributed by atoms with van der Waals surface area (Å²) in [6.07, 6.45) is 0. The third kappa shape index (κ3) is 3.73. The minimum Gasteiger partial charge on any atom is -0.346 e. The first kappa shape index (κ1) is 14.8. The van der Waals surface area contributed by atoms with Crippen molar-refractivity contribution in [2.45, 2.75) is 6.54 Å². The predicted octanol–water partition coefficient (Wildman–Crippen LogP) is 5.23. The zero-order valence-corrected chi connectivity index (χ0v) is 13.6. The van der Waals surface area contributed by atoms with E-state index < -0.39 is 0 Å². The van der Waals surface area contributed by atoms with Gasteiger partial charge in [-0.1, -0.05) is 65.3 Å². The van der Waals surface area contributed by atoms with Crippen molar-refractivity contribution in [3.8, 4) is 0 Å². The topological polar surface area (TPSA) is 15.6 Å². The van der Waals surface area contributed by atoms with E-state index in [0.717, 1.165) is 29.7 Å². The molecule has 108 valence electrons. The van der Waals surface area contributed by atoms with E-state index in [0.29, 0.717) is 10.0 Å². The molecule has 2 nitrogen and oxygen atoms in total. The molecule has 1 aliphatic heterocycles. The minimum absolute atomic E-state index is 0.538. The lowest BCUT2D eigenvalue weighted by molar-refractivity contribution is 0.457. The predicted molar refractivity (Wildman–Crippen MR) is 92.9 cm³/mol. The van der Waals surface area contributed by atoms with Gasteiger partial charge in [-0.3, -0.25) is 0 Å². The standard InChI is InChI=1S/C16H14Cl2N2S/c17-14-7-6-13(10-15(14)18)19-16-20(8-9-21-16)11-12-4-2-1-3-5-12/h1-7,10H,8-9,11H2. The molecule has 21 heavy (non-hydrogen) atoms. The van der Waals surface area contributed by atoms with Crippen LogP contribution in [-0.4, -0.2) is 22.4 Å². The summed E-state index contributed by atoms with van der Waals surface area (Å²) >= 11 is 13.8. The molecule has 0 aliphatic carbocycles. The van der Waals surface area contributed by atoms with Crippen LogP contribution in [-0.2, 0) is 6.54 Å². The molecule has 1 fully saturated rings. The van der Waals surface area contributed by atoms with Gasteiger partial charge < -0.3 is 4.90 Å². The molecule has 0 N–H and O–H groups in total. The summed E-state index contributed by atoms with van der Waals surface area (Å²) in [5.74, 6) is 1.06. The maximum atomic E-state index is 6.04. The normalized spacial score (nSPS) is 16.7. The molecule has 2 aromatic rings. The van der Waals surface area contributed by atoms with Crippen LogP contribution in [0.2, 0.25) is 10.0 Å². The van der Waals surface area contributed by atoms with Gasteiger partial charge in [0.1, 0.15) is 0 Å². The van der Waals surface area contributed by atoms with Crippen molar-refractivity contribution in [3.63, 3.8) is 0 Å². The highest BCUT2D eigenvalue weighted by molar-refractivity contribution is 8.14. The van der Waals surface area contributed by atoms with E-state index in [2.05, 4.69) is 29.2 Å². The molecule has 1 heterocycles. The van der Waals surface area contributed by atoms with Crippen molar-refractivity contribution in [1.29, 1.82) is 0 Å². The Morgan fingerprint density at radius 1 is 1.05 bits per heavy atom. The van der Waals surface area contributed by atoms with Crippen molar-refractivity contribution in [2.24, 2.45) is 4.99 Å². The molecular weight excluding hydrogens is 323 g/mol. The van der Waals surface area contributed by atoms with Crippen LogP contribution in [0.5, 0.6) is 0 Å². The number of halogens is 2. The first-order valence-electron chi connectivity index (χ1n) is 6.68. The maximum Gasteiger partial charge on any atom is 0.164 e. The zero-order valence-electron chi connectivity index (χ0n) is 11.3. The second-order valence-electron chi connectivity index (χ2n) is 4.75. The van der Waals surface area contributed by atoms with E-state index in [1.807, 2.05) is 12.1 Å². The maximum absolute atomic E-state index is 6.04. The summed E-state index contributed by atoms with van der Waals surface area (Å²) < 4.78 is 0. The average molecular weight is 337 g/mol. The second-order valence-corrected chi connectivity index (χ2v) is 6.62. The third-order valence-electron chi connectivity index (χ3n) is 3.21. The molecule has 0 unspecified atom stereocenters. The lowest BCUT2D eigenvalue weighted by Crippen LogP contribution is -2.23. The van der Waals surface area contributed by atoms with Crippen LogP contribution in [0.25, 0.3) is 0 Å². The number of nitrogens with zero attached hydrogens (tertiary/aromatic N) is 2. The fourth-order valence-corrected chi connectivity index (χ4v) is 3.45.